The second-order valence-electron chi connectivity index (χ2n) is 3.49. The van der Waals surface area contributed by atoms with E-state index in [4.69, 9.17) is 16.7 Å². The molecule has 0 radical (unpaired) electrons. The molecular formula is C13H9ClO3. The zero-order valence-corrected chi connectivity index (χ0v) is 9.48. The smallest absolute Gasteiger partial charge is 0.341 e. The molecule has 2 N–H and O–H groups in total. The Balaban J connectivity index is 2.66. The highest BCUT2D eigenvalue weighted by atomic mass is 35.5. The standard InChI is InChI=1S/C13H9ClO3/c14-10-7-6-9(8-4-2-1-3-5-8)12(15)11(10)13(16)17/h1-7,15H,(H,16,17). The van der Waals surface area contributed by atoms with Crippen molar-refractivity contribution >= 4 is 17.6 Å². The molecule has 17 heavy (non-hydrogen) atoms. The van der Waals surface area contributed by atoms with Crippen LogP contribution >= 0.6 is 11.6 Å². The van der Waals surface area contributed by atoms with Crippen LogP contribution in [0.1, 0.15) is 10.4 Å². The molecule has 0 fully saturated rings. The van der Waals surface area contributed by atoms with Crippen LogP contribution in [0.3, 0.4) is 0 Å². The van der Waals surface area contributed by atoms with Crippen molar-refractivity contribution in [1.82, 2.24) is 0 Å². The number of halogens is 1. The van der Waals surface area contributed by atoms with Gasteiger partial charge < -0.3 is 10.2 Å². The molecule has 0 spiro atoms. The number of aromatic hydroxyl groups is 1. The van der Waals surface area contributed by atoms with Crippen LogP contribution < -0.4 is 0 Å². The van der Waals surface area contributed by atoms with Crippen LogP contribution in [-0.4, -0.2) is 16.2 Å². The Morgan fingerprint density at radius 3 is 2.29 bits per heavy atom. The average Bonchev–Trinajstić information content (AvgIpc) is 2.30. The Labute approximate surface area is 103 Å². The molecule has 0 aromatic heterocycles. The van der Waals surface area contributed by atoms with E-state index in [0.717, 1.165) is 5.56 Å². The van der Waals surface area contributed by atoms with Crippen molar-refractivity contribution in [2.24, 2.45) is 0 Å². The molecule has 4 heteroatoms. The van der Waals surface area contributed by atoms with Crippen LogP contribution in [0, 0.1) is 0 Å². The Morgan fingerprint density at radius 2 is 1.71 bits per heavy atom. The minimum absolute atomic E-state index is 0.0229. The number of aromatic carboxylic acids is 1. The van der Waals surface area contributed by atoms with E-state index in [1.165, 1.54) is 6.07 Å². The Bertz CT molecular complexity index is 564. The Morgan fingerprint density at radius 1 is 1.06 bits per heavy atom. The van der Waals surface area contributed by atoms with E-state index in [1.54, 1.807) is 18.2 Å². The summed E-state index contributed by atoms with van der Waals surface area (Å²) in [6.07, 6.45) is 0. The van der Waals surface area contributed by atoms with Gasteiger partial charge in [0.15, 0.2) is 0 Å². The molecule has 0 heterocycles. The first-order valence-corrected chi connectivity index (χ1v) is 5.29. The number of hydrogen-bond acceptors (Lipinski definition) is 2. The number of benzene rings is 2. The van der Waals surface area contributed by atoms with E-state index in [0.29, 0.717) is 5.56 Å². The Hall–Kier alpha value is -2.00. The van der Waals surface area contributed by atoms with Crippen LogP contribution in [-0.2, 0) is 0 Å². The predicted molar refractivity (Wildman–Crippen MR) is 65.5 cm³/mol. The molecule has 0 saturated heterocycles. The molecule has 2 rings (SSSR count). The Kier molecular flexibility index (Phi) is 3.02. The van der Waals surface area contributed by atoms with Gasteiger partial charge in [-0.1, -0.05) is 41.9 Å². The molecule has 0 aliphatic heterocycles. The lowest BCUT2D eigenvalue weighted by molar-refractivity contribution is 0.0694. The van der Waals surface area contributed by atoms with E-state index < -0.39 is 5.97 Å². The van der Waals surface area contributed by atoms with Gasteiger partial charge in [0, 0.05) is 5.56 Å². The number of phenols is 1. The highest BCUT2D eigenvalue weighted by Gasteiger charge is 2.18. The SMILES string of the molecule is O=C(O)c1c(Cl)ccc(-c2ccccc2)c1O. The second kappa shape index (κ2) is 4.47. The molecule has 0 bridgehead atoms. The summed E-state index contributed by atoms with van der Waals surface area (Å²) in [5.74, 6) is -1.55. The molecule has 0 saturated carbocycles. The second-order valence-corrected chi connectivity index (χ2v) is 3.90. The van der Waals surface area contributed by atoms with Gasteiger partial charge in [-0.3, -0.25) is 0 Å². The average molecular weight is 249 g/mol. The summed E-state index contributed by atoms with van der Waals surface area (Å²) in [6.45, 7) is 0. The van der Waals surface area contributed by atoms with Crippen molar-refractivity contribution in [3.05, 3.63) is 53.1 Å². The van der Waals surface area contributed by atoms with Gasteiger partial charge in [-0.2, -0.15) is 0 Å². The molecular weight excluding hydrogens is 240 g/mol. The zero-order valence-electron chi connectivity index (χ0n) is 8.72. The third-order valence-electron chi connectivity index (χ3n) is 2.43. The summed E-state index contributed by atoms with van der Waals surface area (Å²) in [5.41, 5.74) is 0.921. The highest BCUT2D eigenvalue weighted by molar-refractivity contribution is 6.34. The third kappa shape index (κ3) is 2.10. The number of carboxylic acids is 1. The summed E-state index contributed by atoms with van der Waals surface area (Å²) in [4.78, 5) is 11.0. The maximum atomic E-state index is 11.0. The van der Waals surface area contributed by atoms with Crippen molar-refractivity contribution in [2.45, 2.75) is 0 Å². The molecule has 86 valence electrons. The summed E-state index contributed by atoms with van der Waals surface area (Å²) in [5, 5.41) is 18.9. The van der Waals surface area contributed by atoms with Gasteiger partial charge in [-0.05, 0) is 17.7 Å². The number of hydrogen-bond donors (Lipinski definition) is 2. The normalized spacial score (nSPS) is 10.2. The summed E-state index contributed by atoms with van der Waals surface area (Å²) >= 11 is 5.74. The van der Waals surface area contributed by atoms with E-state index >= 15 is 0 Å². The molecule has 3 nitrogen and oxygen atoms in total. The van der Waals surface area contributed by atoms with Crippen LogP contribution in [0.5, 0.6) is 5.75 Å². The van der Waals surface area contributed by atoms with Crippen LogP contribution in [0.2, 0.25) is 5.02 Å². The fourth-order valence-electron chi connectivity index (χ4n) is 1.62. The van der Waals surface area contributed by atoms with Crippen LogP contribution in [0.25, 0.3) is 11.1 Å². The fraction of sp³-hybridized carbons (Fsp3) is 0. The molecule has 0 amide bonds. The van der Waals surface area contributed by atoms with Crippen LogP contribution in [0.4, 0.5) is 0 Å². The minimum atomic E-state index is -1.25. The first-order chi connectivity index (χ1) is 8.11. The minimum Gasteiger partial charge on any atom is -0.506 e. The lowest BCUT2D eigenvalue weighted by Crippen LogP contribution is -1.99. The molecule has 0 atom stereocenters. The number of rotatable bonds is 2. The van der Waals surface area contributed by atoms with Crippen molar-refractivity contribution in [3.63, 3.8) is 0 Å². The maximum absolute atomic E-state index is 11.0. The summed E-state index contributed by atoms with van der Waals surface area (Å²) in [6, 6.07) is 12.1. The molecule has 0 aliphatic carbocycles. The molecule has 0 aliphatic rings. The first-order valence-electron chi connectivity index (χ1n) is 4.91. The fourth-order valence-corrected chi connectivity index (χ4v) is 1.85. The van der Waals surface area contributed by atoms with Gasteiger partial charge >= 0.3 is 5.97 Å². The van der Waals surface area contributed by atoms with E-state index in [9.17, 15) is 9.90 Å². The van der Waals surface area contributed by atoms with Crippen molar-refractivity contribution in [1.29, 1.82) is 0 Å². The third-order valence-corrected chi connectivity index (χ3v) is 2.74. The first kappa shape index (κ1) is 11.5. The monoisotopic (exact) mass is 248 g/mol. The van der Waals surface area contributed by atoms with Gasteiger partial charge in [0.25, 0.3) is 0 Å². The topological polar surface area (TPSA) is 57.5 Å². The maximum Gasteiger partial charge on any atom is 0.341 e. The van der Waals surface area contributed by atoms with Crippen molar-refractivity contribution in [2.75, 3.05) is 0 Å². The van der Waals surface area contributed by atoms with Gasteiger partial charge in [0.2, 0.25) is 0 Å². The lowest BCUT2D eigenvalue weighted by Gasteiger charge is -2.08. The van der Waals surface area contributed by atoms with Gasteiger partial charge in [0.1, 0.15) is 11.3 Å². The lowest BCUT2D eigenvalue weighted by atomic mass is 10.0. The summed E-state index contributed by atoms with van der Waals surface area (Å²) < 4.78 is 0. The van der Waals surface area contributed by atoms with Crippen LogP contribution in [0.15, 0.2) is 42.5 Å². The molecule has 2 aromatic carbocycles. The number of carbonyl (C=O) groups is 1. The van der Waals surface area contributed by atoms with Gasteiger partial charge in [0.05, 0.1) is 5.02 Å². The predicted octanol–water partition coefficient (Wildman–Crippen LogP) is 3.41. The van der Waals surface area contributed by atoms with Gasteiger partial charge in [-0.15, -0.1) is 0 Å². The molecule has 0 unspecified atom stereocenters. The van der Waals surface area contributed by atoms with Gasteiger partial charge in [-0.25, -0.2) is 4.79 Å². The van der Waals surface area contributed by atoms with E-state index in [2.05, 4.69) is 0 Å². The quantitative estimate of drug-likeness (QED) is 0.856. The van der Waals surface area contributed by atoms with E-state index in [-0.39, 0.29) is 16.3 Å². The van der Waals surface area contributed by atoms with E-state index in [1.807, 2.05) is 18.2 Å². The van der Waals surface area contributed by atoms with Crippen molar-refractivity contribution < 1.29 is 15.0 Å². The zero-order chi connectivity index (χ0) is 12.4. The summed E-state index contributed by atoms with van der Waals surface area (Å²) in [7, 11) is 0. The highest BCUT2D eigenvalue weighted by Crippen LogP contribution is 2.35. The number of carboxylic acid groups (broad SMARTS) is 1. The largest absolute Gasteiger partial charge is 0.506 e. The van der Waals surface area contributed by atoms with Crippen molar-refractivity contribution in [3.8, 4) is 16.9 Å². The molecule has 2 aromatic rings.